The van der Waals surface area contributed by atoms with Crippen LogP contribution in [-0.4, -0.2) is 41.0 Å². The predicted octanol–water partition coefficient (Wildman–Crippen LogP) is 4.27. The van der Waals surface area contributed by atoms with Crippen molar-refractivity contribution in [3.63, 3.8) is 0 Å². The second-order valence-corrected chi connectivity index (χ2v) is 6.79. The summed E-state index contributed by atoms with van der Waals surface area (Å²) in [5.41, 5.74) is 2.51. The molecule has 0 N–H and O–H groups in total. The number of hydrogen-bond donors (Lipinski definition) is 0. The predicted molar refractivity (Wildman–Crippen MR) is 96.0 cm³/mol. The van der Waals surface area contributed by atoms with Gasteiger partial charge in [-0.05, 0) is 30.2 Å². The maximum absolute atomic E-state index is 5.98. The van der Waals surface area contributed by atoms with E-state index in [-0.39, 0.29) is 0 Å². The van der Waals surface area contributed by atoms with Crippen LogP contribution in [0, 0.1) is 0 Å². The lowest BCUT2D eigenvalue weighted by atomic mass is 10.1. The van der Waals surface area contributed by atoms with Gasteiger partial charge in [0.15, 0.2) is 0 Å². The highest BCUT2D eigenvalue weighted by Gasteiger charge is 2.22. The van der Waals surface area contributed by atoms with E-state index in [0.29, 0.717) is 16.3 Å². The molecular weight excluding hydrogens is 329 g/mol. The minimum Gasteiger partial charge on any atom is -0.297 e. The van der Waals surface area contributed by atoms with Gasteiger partial charge in [-0.25, -0.2) is 4.98 Å². The van der Waals surface area contributed by atoms with Crippen LogP contribution in [0.5, 0.6) is 0 Å². The maximum atomic E-state index is 5.98. The first-order valence-corrected chi connectivity index (χ1v) is 8.71. The van der Waals surface area contributed by atoms with Crippen molar-refractivity contribution in [1.29, 1.82) is 0 Å². The molecule has 1 fully saturated rings. The van der Waals surface area contributed by atoms with Gasteiger partial charge in [0.25, 0.3) is 0 Å². The summed E-state index contributed by atoms with van der Waals surface area (Å²) >= 11 is 12.0. The maximum Gasteiger partial charge on any atom is 0.131 e. The zero-order valence-electron chi connectivity index (χ0n) is 13.3. The summed E-state index contributed by atoms with van der Waals surface area (Å²) in [6.07, 6.45) is 0. The van der Waals surface area contributed by atoms with Crippen molar-refractivity contribution in [3.8, 4) is 0 Å². The Labute approximate surface area is 147 Å². The van der Waals surface area contributed by atoms with Gasteiger partial charge in [0.05, 0.1) is 0 Å². The Morgan fingerprint density at radius 2 is 1.61 bits per heavy atom. The number of piperazine rings is 1. The molecule has 1 saturated heterocycles. The molecular formula is C18H21Cl2N3. The first kappa shape index (κ1) is 16.7. The molecule has 0 saturated carbocycles. The van der Waals surface area contributed by atoms with Crippen molar-refractivity contribution in [2.24, 2.45) is 0 Å². The Hall–Kier alpha value is -1.13. The van der Waals surface area contributed by atoms with E-state index in [9.17, 15) is 0 Å². The molecule has 0 radical (unpaired) electrons. The number of hydrogen-bond acceptors (Lipinski definition) is 3. The van der Waals surface area contributed by atoms with E-state index in [2.05, 4.69) is 52.0 Å². The van der Waals surface area contributed by atoms with E-state index in [1.54, 1.807) is 0 Å². The van der Waals surface area contributed by atoms with Crippen LogP contribution in [-0.2, 0) is 6.54 Å². The normalized spacial score (nSPS) is 18.0. The summed E-state index contributed by atoms with van der Waals surface area (Å²) in [4.78, 5) is 8.98. The molecule has 122 valence electrons. The molecule has 3 rings (SSSR count). The van der Waals surface area contributed by atoms with Gasteiger partial charge >= 0.3 is 0 Å². The SMILES string of the molecule is CC(c1ccccc1)N1CCN(Cc2cc(Cl)nc(Cl)c2)CC1. The first-order chi connectivity index (χ1) is 11.1. The molecule has 0 amide bonds. The number of rotatable bonds is 4. The van der Waals surface area contributed by atoms with E-state index in [1.165, 1.54) is 5.56 Å². The Balaban J connectivity index is 1.56. The fraction of sp³-hybridized carbons (Fsp3) is 0.389. The molecule has 1 unspecified atom stereocenters. The summed E-state index contributed by atoms with van der Waals surface area (Å²) in [6, 6.07) is 15.0. The van der Waals surface area contributed by atoms with E-state index in [1.807, 2.05) is 12.1 Å². The van der Waals surface area contributed by atoms with Gasteiger partial charge in [-0.2, -0.15) is 0 Å². The van der Waals surface area contributed by atoms with Crippen LogP contribution in [0.25, 0.3) is 0 Å². The Bertz CT molecular complexity index is 620. The van der Waals surface area contributed by atoms with E-state index < -0.39 is 0 Å². The van der Waals surface area contributed by atoms with Gasteiger partial charge in [0.1, 0.15) is 10.3 Å². The van der Waals surface area contributed by atoms with Crippen LogP contribution >= 0.6 is 23.2 Å². The summed E-state index contributed by atoms with van der Waals surface area (Å²) in [7, 11) is 0. The van der Waals surface area contributed by atoms with Gasteiger partial charge in [-0.15, -0.1) is 0 Å². The second kappa shape index (κ2) is 7.63. The summed E-state index contributed by atoms with van der Waals surface area (Å²) in [5.74, 6) is 0. The highest BCUT2D eigenvalue weighted by molar-refractivity contribution is 6.32. The topological polar surface area (TPSA) is 19.4 Å². The van der Waals surface area contributed by atoms with Crippen LogP contribution in [0.4, 0.5) is 0 Å². The average molecular weight is 350 g/mol. The third kappa shape index (κ3) is 4.45. The lowest BCUT2D eigenvalue weighted by molar-refractivity contribution is 0.0978. The minimum absolute atomic E-state index is 0.461. The minimum atomic E-state index is 0.461. The van der Waals surface area contributed by atoms with Crippen molar-refractivity contribution in [3.05, 3.63) is 63.9 Å². The van der Waals surface area contributed by atoms with Crippen LogP contribution in [0.3, 0.4) is 0 Å². The van der Waals surface area contributed by atoms with E-state index >= 15 is 0 Å². The summed E-state index contributed by atoms with van der Waals surface area (Å²) in [5, 5.41) is 0.924. The highest BCUT2D eigenvalue weighted by Crippen LogP contribution is 2.22. The molecule has 0 bridgehead atoms. The fourth-order valence-corrected chi connectivity index (χ4v) is 3.62. The molecule has 3 nitrogen and oxygen atoms in total. The summed E-state index contributed by atoms with van der Waals surface area (Å²) in [6.45, 7) is 7.40. The number of halogens is 2. The van der Waals surface area contributed by atoms with Crippen molar-refractivity contribution in [1.82, 2.24) is 14.8 Å². The molecule has 1 atom stereocenters. The fourth-order valence-electron chi connectivity index (χ4n) is 3.11. The molecule has 0 spiro atoms. The molecule has 2 heterocycles. The largest absolute Gasteiger partial charge is 0.297 e. The second-order valence-electron chi connectivity index (χ2n) is 6.02. The highest BCUT2D eigenvalue weighted by atomic mass is 35.5. The Kier molecular flexibility index (Phi) is 5.54. The van der Waals surface area contributed by atoms with Crippen molar-refractivity contribution < 1.29 is 0 Å². The van der Waals surface area contributed by atoms with Crippen LogP contribution in [0.2, 0.25) is 10.3 Å². The lowest BCUT2D eigenvalue weighted by Crippen LogP contribution is -2.46. The van der Waals surface area contributed by atoms with Gasteiger partial charge in [-0.1, -0.05) is 53.5 Å². The first-order valence-electron chi connectivity index (χ1n) is 7.95. The third-order valence-electron chi connectivity index (χ3n) is 4.47. The Morgan fingerprint density at radius 1 is 1.00 bits per heavy atom. The Morgan fingerprint density at radius 3 is 2.22 bits per heavy atom. The summed E-state index contributed by atoms with van der Waals surface area (Å²) < 4.78 is 0. The van der Waals surface area contributed by atoms with Crippen LogP contribution in [0.1, 0.15) is 24.1 Å². The monoisotopic (exact) mass is 349 g/mol. The van der Waals surface area contributed by atoms with Crippen molar-refractivity contribution in [2.75, 3.05) is 26.2 Å². The molecule has 1 aliphatic heterocycles. The third-order valence-corrected chi connectivity index (χ3v) is 4.85. The molecule has 1 aromatic heterocycles. The standard InChI is InChI=1S/C18H21Cl2N3/c1-14(16-5-3-2-4-6-16)23-9-7-22(8-10-23)13-15-11-17(19)21-18(20)12-15/h2-6,11-12,14H,7-10,13H2,1H3. The quantitative estimate of drug-likeness (QED) is 0.768. The van der Waals surface area contributed by atoms with Crippen molar-refractivity contribution >= 4 is 23.2 Å². The zero-order valence-corrected chi connectivity index (χ0v) is 14.8. The van der Waals surface area contributed by atoms with Gasteiger partial charge in [-0.3, -0.25) is 9.80 Å². The lowest BCUT2D eigenvalue weighted by Gasteiger charge is -2.38. The number of aromatic nitrogens is 1. The van der Waals surface area contributed by atoms with Gasteiger partial charge < -0.3 is 0 Å². The van der Waals surface area contributed by atoms with Gasteiger partial charge in [0, 0.05) is 38.8 Å². The van der Waals surface area contributed by atoms with Crippen LogP contribution < -0.4 is 0 Å². The smallest absolute Gasteiger partial charge is 0.131 e. The van der Waals surface area contributed by atoms with E-state index in [0.717, 1.165) is 38.3 Å². The molecule has 1 aliphatic rings. The van der Waals surface area contributed by atoms with Crippen molar-refractivity contribution in [2.45, 2.75) is 19.5 Å². The van der Waals surface area contributed by atoms with E-state index in [4.69, 9.17) is 23.2 Å². The van der Waals surface area contributed by atoms with Gasteiger partial charge in [0.2, 0.25) is 0 Å². The number of nitrogens with zero attached hydrogens (tertiary/aromatic N) is 3. The molecule has 0 aliphatic carbocycles. The number of benzene rings is 1. The molecule has 5 heteroatoms. The average Bonchev–Trinajstić information content (AvgIpc) is 2.55. The number of pyridine rings is 1. The molecule has 23 heavy (non-hydrogen) atoms. The molecule has 2 aromatic rings. The molecule has 1 aromatic carbocycles. The van der Waals surface area contributed by atoms with Crippen LogP contribution in [0.15, 0.2) is 42.5 Å². The zero-order chi connectivity index (χ0) is 16.2.